The summed E-state index contributed by atoms with van der Waals surface area (Å²) < 4.78 is 5.71. The molecular weight excluding hydrogens is 218 g/mol. The third kappa shape index (κ3) is 3.89. The summed E-state index contributed by atoms with van der Waals surface area (Å²) in [6, 6.07) is 2.46. The van der Waals surface area contributed by atoms with Gasteiger partial charge in [0.1, 0.15) is 0 Å². The molecule has 0 amide bonds. The van der Waals surface area contributed by atoms with Crippen molar-refractivity contribution in [3.05, 3.63) is 22.4 Å². The minimum Gasteiger partial charge on any atom is -0.378 e. The molecule has 0 aliphatic carbocycles. The van der Waals surface area contributed by atoms with Gasteiger partial charge in [0.25, 0.3) is 0 Å². The van der Waals surface area contributed by atoms with Crippen LogP contribution in [0.4, 0.5) is 0 Å². The zero-order valence-corrected chi connectivity index (χ0v) is 10.5. The lowest BCUT2D eigenvalue weighted by atomic mass is 9.99. The standard InChI is InChI=1S/C13H21NOS/c14-12(9-11-6-8-16-10-11)4-5-13-3-1-2-7-15-13/h6,8,10,12-13H,1-5,7,9,14H2. The van der Waals surface area contributed by atoms with Gasteiger partial charge in [-0.25, -0.2) is 0 Å². The normalized spacial score (nSPS) is 23.2. The maximum atomic E-state index is 6.13. The molecule has 0 spiro atoms. The first kappa shape index (κ1) is 12.1. The van der Waals surface area contributed by atoms with Crippen LogP contribution >= 0.6 is 11.3 Å². The molecule has 1 aliphatic heterocycles. The van der Waals surface area contributed by atoms with E-state index in [2.05, 4.69) is 16.8 Å². The Morgan fingerprint density at radius 2 is 2.44 bits per heavy atom. The van der Waals surface area contributed by atoms with E-state index in [0.29, 0.717) is 12.1 Å². The van der Waals surface area contributed by atoms with E-state index in [-0.39, 0.29) is 0 Å². The van der Waals surface area contributed by atoms with Crippen molar-refractivity contribution in [2.75, 3.05) is 6.61 Å². The number of hydrogen-bond donors (Lipinski definition) is 1. The molecule has 2 nitrogen and oxygen atoms in total. The Morgan fingerprint density at radius 1 is 1.50 bits per heavy atom. The Labute approximate surface area is 102 Å². The summed E-state index contributed by atoms with van der Waals surface area (Å²) in [5.74, 6) is 0. The molecule has 0 saturated carbocycles. The van der Waals surface area contributed by atoms with Crippen LogP contribution in [0.2, 0.25) is 0 Å². The highest BCUT2D eigenvalue weighted by molar-refractivity contribution is 7.07. The molecule has 2 N–H and O–H groups in total. The molecule has 2 atom stereocenters. The number of hydrogen-bond acceptors (Lipinski definition) is 3. The van der Waals surface area contributed by atoms with Crippen molar-refractivity contribution >= 4 is 11.3 Å². The zero-order chi connectivity index (χ0) is 11.2. The summed E-state index contributed by atoms with van der Waals surface area (Å²) in [6.07, 6.45) is 7.48. The second kappa shape index (κ2) is 6.38. The fourth-order valence-electron chi connectivity index (χ4n) is 2.25. The Kier molecular flexibility index (Phi) is 4.82. The average Bonchev–Trinajstić information content (AvgIpc) is 2.81. The van der Waals surface area contributed by atoms with Gasteiger partial charge < -0.3 is 10.5 Å². The molecule has 1 saturated heterocycles. The van der Waals surface area contributed by atoms with Crippen molar-refractivity contribution < 1.29 is 4.74 Å². The largest absolute Gasteiger partial charge is 0.378 e. The second-order valence-electron chi connectivity index (χ2n) is 4.66. The van der Waals surface area contributed by atoms with Crippen LogP contribution in [0.1, 0.15) is 37.7 Å². The van der Waals surface area contributed by atoms with Gasteiger partial charge in [0.2, 0.25) is 0 Å². The van der Waals surface area contributed by atoms with Crippen molar-refractivity contribution in [3.63, 3.8) is 0 Å². The summed E-state index contributed by atoms with van der Waals surface area (Å²) in [6.45, 7) is 0.949. The number of ether oxygens (including phenoxy) is 1. The van der Waals surface area contributed by atoms with Gasteiger partial charge in [-0.1, -0.05) is 0 Å². The Balaban J connectivity index is 1.65. The maximum absolute atomic E-state index is 6.13. The fraction of sp³-hybridized carbons (Fsp3) is 0.692. The molecule has 0 bridgehead atoms. The summed E-state index contributed by atoms with van der Waals surface area (Å²) >= 11 is 1.75. The predicted octanol–water partition coefficient (Wildman–Crippen LogP) is 2.97. The molecule has 0 radical (unpaired) electrons. The molecule has 1 fully saturated rings. The molecule has 2 unspecified atom stereocenters. The first-order valence-corrected chi connectivity index (χ1v) is 7.17. The third-order valence-electron chi connectivity index (χ3n) is 3.21. The van der Waals surface area contributed by atoms with E-state index in [0.717, 1.165) is 25.9 Å². The highest BCUT2D eigenvalue weighted by Gasteiger charge is 2.15. The van der Waals surface area contributed by atoms with Gasteiger partial charge in [-0.3, -0.25) is 0 Å². The molecule has 0 aromatic carbocycles. The highest BCUT2D eigenvalue weighted by Crippen LogP contribution is 2.18. The molecule has 1 aromatic heterocycles. The van der Waals surface area contributed by atoms with Crippen LogP contribution in [0.5, 0.6) is 0 Å². The lowest BCUT2D eigenvalue weighted by molar-refractivity contribution is 0.00916. The van der Waals surface area contributed by atoms with E-state index >= 15 is 0 Å². The second-order valence-corrected chi connectivity index (χ2v) is 5.44. The molecule has 2 rings (SSSR count). The maximum Gasteiger partial charge on any atom is 0.0575 e. The van der Waals surface area contributed by atoms with Gasteiger partial charge in [0, 0.05) is 12.6 Å². The van der Waals surface area contributed by atoms with E-state index in [4.69, 9.17) is 10.5 Å². The summed E-state index contributed by atoms with van der Waals surface area (Å²) in [4.78, 5) is 0. The van der Waals surface area contributed by atoms with Gasteiger partial charge in [0.05, 0.1) is 6.10 Å². The van der Waals surface area contributed by atoms with Crippen LogP contribution in [-0.4, -0.2) is 18.8 Å². The SMILES string of the molecule is NC(CCC1CCCCO1)Cc1ccsc1. The smallest absolute Gasteiger partial charge is 0.0575 e. The molecule has 90 valence electrons. The van der Waals surface area contributed by atoms with Crippen molar-refractivity contribution in [1.82, 2.24) is 0 Å². The topological polar surface area (TPSA) is 35.2 Å². The average molecular weight is 239 g/mol. The number of nitrogens with two attached hydrogens (primary N) is 1. The van der Waals surface area contributed by atoms with E-state index < -0.39 is 0 Å². The zero-order valence-electron chi connectivity index (χ0n) is 9.73. The predicted molar refractivity (Wildman–Crippen MR) is 68.8 cm³/mol. The van der Waals surface area contributed by atoms with E-state index in [1.165, 1.54) is 24.8 Å². The lowest BCUT2D eigenvalue weighted by Crippen LogP contribution is -2.26. The summed E-state index contributed by atoms with van der Waals surface area (Å²) in [7, 11) is 0. The summed E-state index contributed by atoms with van der Waals surface area (Å²) in [5, 5.41) is 4.31. The van der Waals surface area contributed by atoms with Gasteiger partial charge >= 0.3 is 0 Å². The van der Waals surface area contributed by atoms with E-state index in [1.54, 1.807) is 11.3 Å². The van der Waals surface area contributed by atoms with Crippen molar-refractivity contribution in [3.8, 4) is 0 Å². The molecular formula is C13H21NOS. The van der Waals surface area contributed by atoms with Gasteiger partial charge in [-0.05, 0) is 60.9 Å². The van der Waals surface area contributed by atoms with Crippen LogP contribution in [0.3, 0.4) is 0 Å². The number of rotatable bonds is 5. The minimum absolute atomic E-state index is 0.292. The first-order valence-electron chi connectivity index (χ1n) is 6.23. The fourth-order valence-corrected chi connectivity index (χ4v) is 2.93. The number of thiophene rings is 1. The van der Waals surface area contributed by atoms with E-state index in [1.807, 2.05) is 0 Å². The van der Waals surface area contributed by atoms with E-state index in [9.17, 15) is 0 Å². The van der Waals surface area contributed by atoms with Crippen LogP contribution in [0, 0.1) is 0 Å². The van der Waals surface area contributed by atoms with Gasteiger partial charge in [-0.15, -0.1) is 0 Å². The minimum atomic E-state index is 0.292. The molecule has 3 heteroatoms. The summed E-state index contributed by atoms with van der Waals surface area (Å²) in [5.41, 5.74) is 7.51. The van der Waals surface area contributed by atoms with Crippen LogP contribution in [0.15, 0.2) is 16.8 Å². The molecule has 2 heterocycles. The Hall–Kier alpha value is -0.380. The van der Waals surface area contributed by atoms with Gasteiger partial charge in [0.15, 0.2) is 0 Å². The Bertz CT molecular complexity index is 280. The van der Waals surface area contributed by atoms with Crippen LogP contribution in [0.25, 0.3) is 0 Å². The quantitative estimate of drug-likeness (QED) is 0.857. The van der Waals surface area contributed by atoms with Gasteiger partial charge in [-0.2, -0.15) is 11.3 Å². The van der Waals surface area contributed by atoms with Crippen molar-refractivity contribution in [1.29, 1.82) is 0 Å². The molecule has 16 heavy (non-hydrogen) atoms. The highest BCUT2D eigenvalue weighted by atomic mass is 32.1. The van der Waals surface area contributed by atoms with Crippen molar-refractivity contribution in [2.45, 2.75) is 50.7 Å². The van der Waals surface area contributed by atoms with Crippen molar-refractivity contribution in [2.24, 2.45) is 5.73 Å². The molecule has 1 aromatic rings. The van der Waals surface area contributed by atoms with Crippen LogP contribution in [-0.2, 0) is 11.2 Å². The first-order chi connectivity index (χ1) is 7.84. The monoisotopic (exact) mass is 239 g/mol. The Morgan fingerprint density at radius 3 is 3.12 bits per heavy atom. The molecule has 1 aliphatic rings. The lowest BCUT2D eigenvalue weighted by Gasteiger charge is -2.23. The third-order valence-corrected chi connectivity index (χ3v) is 3.94. The van der Waals surface area contributed by atoms with Crippen LogP contribution < -0.4 is 5.73 Å².